The molecule has 1 aliphatic rings. The first-order valence-corrected chi connectivity index (χ1v) is 9.11. The van der Waals surface area contributed by atoms with Gasteiger partial charge in [0.05, 0.1) is 0 Å². The van der Waals surface area contributed by atoms with Crippen LogP contribution in [0.25, 0.3) is 11.5 Å². The van der Waals surface area contributed by atoms with Crippen molar-refractivity contribution < 1.29 is 0 Å². The third kappa shape index (κ3) is 4.20. The summed E-state index contributed by atoms with van der Waals surface area (Å²) in [6, 6.07) is 5.82. The maximum atomic E-state index is 4.37. The summed E-state index contributed by atoms with van der Waals surface area (Å²) < 4.78 is 0. The molecule has 5 nitrogen and oxygen atoms in total. The number of aromatic nitrogens is 3. The van der Waals surface area contributed by atoms with Gasteiger partial charge in [0.25, 0.3) is 0 Å². The lowest BCUT2D eigenvalue weighted by Gasteiger charge is -2.41. The fourth-order valence-electron chi connectivity index (χ4n) is 2.69. The molecule has 0 amide bonds. The van der Waals surface area contributed by atoms with E-state index in [-0.39, 0.29) is 5.54 Å². The van der Waals surface area contributed by atoms with Crippen LogP contribution in [0.15, 0.2) is 36.8 Å². The third-order valence-electron chi connectivity index (χ3n) is 4.15. The zero-order valence-electron chi connectivity index (χ0n) is 13.7. The molecular weight excluding hydrogens is 306 g/mol. The lowest BCUT2D eigenvalue weighted by Crippen LogP contribution is -2.52. The minimum absolute atomic E-state index is 0.133. The second kappa shape index (κ2) is 7.27. The monoisotopic (exact) mass is 329 g/mol. The minimum atomic E-state index is 0.133. The molecule has 0 saturated carbocycles. The Bertz CT molecular complexity index is 626. The summed E-state index contributed by atoms with van der Waals surface area (Å²) in [5, 5.41) is 3.55. The van der Waals surface area contributed by atoms with E-state index >= 15 is 0 Å². The second-order valence-corrected chi connectivity index (χ2v) is 7.49. The molecule has 0 spiro atoms. The van der Waals surface area contributed by atoms with Crippen molar-refractivity contribution in [3.05, 3.63) is 36.8 Å². The maximum Gasteiger partial charge on any atom is 0.178 e. The minimum Gasteiger partial charge on any atom is -0.383 e. The van der Waals surface area contributed by atoms with Crippen molar-refractivity contribution in [3.8, 4) is 11.5 Å². The lowest BCUT2D eigenvalue weighted by molar-refractivity contribution is 0.146. The van der Waals surface area contributed by atoms with Crippen LogP contribution in [0.5, 0.6) is 0 Å². The van der Waals surface area contributed by atoms with Gasteiger partial charge in [-0.15, -0.1) is 0 Å². The van der Waals surface area contributed by atoms with Gasteiger partial charge in [-0.25, -0.2) is 9.97 Å². The first-order chi connectivity index (χ1) is 11.1. The van der Waals surface area contributed by atoms with Crippen LogP contribution >= 0.6 is 11.8 Å². The summed E-state index contributed by atoms with van der Waals surface area (Å²) >= 11 is 2.04. The average molecular weight is 329 g/mol. The van der Waals surface area contributed by atoms with Crippen LogP contribution in [-0.4, -0.2) is 56.5 Å². The number of nitrogens with one attached hydrogen (secondary N) is 1. The van der Waals surface area contributed by atoms with E-state index in [1.54, 1.807) is 18.6 Å². The predicted molar refractivity (Wildman–Crippen MR) is 96.7 cm³/mol. The standard InChI is InChI=1S/C17H23N5S/c1-17(2,22-8-10-23-11-9-22)13-21-14-4-7-18-15(12-14)16-19-5-3-6-20-16/h3-7,12H,8-11,13H2,1-2H3,(H,18,21). The summed E-state index contributed by atoms with van der Waals surface area (Å²) in [7, 11) is 0. The van der Waals surface area contributed by atoms with E-state index in [0.29, 0.717) is 5.82 Å². The molecule has 0 bridgehead atoms. The highest BCUT2D eigenvalue weighted by molar-refractivity contribution is 7.99. The Morgan fingerprint density at radius 1 is 1.13 bits per heavy atom. The smallest absolute Gasteiger partial charge is 0.178 e. The molecule has 3 heterocycles. The second-order valence-electron chi connectivity index (χ2n) is 6.27. The molecule has 0 aromatic carbocycles. The zero-order valence-corrected chi connectivity index (χ0v) is 14.5. The largest absolute Gasteiger partial charge is 0.383 e. The SMILES string of the molecule is CC(C)(CNc1ccnc(-c2ncccn2)c1)N1CCSCC1. The summed E-state index contributed by atoms with van der Waals surface area (Å²) in [5.41, 5.74) is 1.98. The number of anilines is 1. The Labute approximate surface area is 141 Å². The highest BCUT2D eigenvalue weighted by Gasteiger charge is 2.27. The van der Waals surface area contributed by atoms with Crippen LogP contribution < -0.4 is 5.32 Å². The van der Waals surface area contributed by atoms with E-state index in [1.807, 2.05) is 30.0 Å². The molecular formula is C17H23N5S. The van der Waals surface area contributed by atoms with E-state index in [0.717, 1.165) is 17.9 Å². The van der Waals surface area contributed by atoms with E-state index in [9.17, 15) is 0 Å². The summed E-state index contributed by atoms with van der Waals surface area (Å²) in [5.74, 6) is 3.12. The van der Waals surface area contributed by atoms with Crippen molar-refractivity contribution in [1.82, 2.24) is 19.9 Å². The lowest BCUT2D eigenvalue weighted by atomic mass is 10.0. The van der Waals surface area contributed by atoms with Crippen molar-refractivity contribution in [2.24, 2.45) is 0 Å². The Morgan fingerprint density at radius 2 is 1.87 bits per heavy atom. The van der Waals surface area contributed by atoms with Gasteiger partial charge in [0.1, 0.15) is 5.69 Å². The van der Waals surface area contributed by atoms with Gasteiger partial charge in [-0.1, -0.05) is 0 Å². The molecule has 122 valence electrons. The van der Waals surface area contributed by atoms with Crippen molar-refractivity contribution in [1.29, 1.82) is 0 Å². The summed E-state index contributed by atoms with van der Waals surface area (Å²) in [4.78, 5) is 15.5. The van der Waals surface area contributed by atoms with Crippen molar-refractivity contribution in [2.75, 3.05) is 36.5 Å². The first-order valence-electron chi connectivity index (χ1n) is 7.95. The van der Waals surface area contributed by atoms with Gasteiger partial charge in [-0.05, 0) is 32.0 Å². The number of hydrogen-bond acceptors (Lipinski definition) is 6. The van der Waals surface area contributed by atoms with Gasteiger partial charge in [0.15, 0.2) is 5.82 Å². The number of nitrogens with zero attached hydrogens (tertiary/aromatic N) is 4. The van der Waals surface area contributed by atoms with Crippen LogP contribution in [0.3, 0.4) is 0 Å². The molecule has 23 heavy (non-hydrogen) atoms. The summed E-state index contributed by atoms with van der Waals surface area (Å²) in [6.07, 6.45) is 5.28. The molecule has 1 fully saturated rings. The summed E-state index contributed by atoms with van der Waals surface area (Å²) in [6.45, 7) is 7.84. The number of thioether (sulfide) groups is 1. The molecule has 2 aromatic rings. The van der Waals surface area contributed by atoms with Crippen LogP contribution in [0, 0.1) is 0 Å². The molecule has 6 heteroatoms. The molecule has 3 rings (SSSR count). The van der Waals surface area contributed by atoms with Crippen LogP contribution in [0.2, 0.25) is 0 Å². The number of pyridine rings is 1. The first kappa shape index (κ1) is 16.2. The van der Waals surface area contributed by atoms with Gasteiger partial charge < -0.3 is 5.32 Å². The molecule has 0 radical (unpaired) electrons. The molecule has 0 atom stereocenters. The third-order valence-corrected chi connectivity index (χ3v) is 5.09. The van der Waals surface area contributed by atoms with Crippen LogP contribution in [0.1, 0.15) is 13.8 Å². The Morgan fingerprint density at radius 3 is 2.61 bits per heavy atom. The van der Waals surface area contributed by atoms with Crippen molar-refractivity contribution in [2.45, 2.75) is 19.4 Å². The van der Waals surface area contributed by atoms with Crippen molar-refractivity contribution >= 4 is 17.4 Å². The molecule has 1 aliphatic heterocycles. The fourth-order valence-corrected chi connectivity index (χ4v) is 3.60. The molecule has 1 saturated heterocycles. The van der Waals surface area contributed by atoms with E-state index in [2.05, 4.69) is 39.0 Å². The topological polar surface area (TPSA) is 53.9 Å². The van der Waals surface area contributed by atoms with Gasteiger partial charge in [-0.2, -0.15) is 11.8 Å². The molecule has 0 aliphatic carbocycles. The maximum absolute atomic E-state index is 4.37. The fraction of sp³-hybridized carbons (Fsp3) is 0.471. The zero-order chi connectivity index (χ0) is 16.1. The highest BCUT2D eigenvalue weighted by Crippen LogP contribution is 2.22. The van der Waals surface area contributed by atoms with Gasteiger partial charge in [0, 0.05) is 61.0 Å². The Balaban J connectivity index is 1.66. The average Bonchev–Trinajstić information content (AvgIpc) is 2.62. The van der Waals surface area contributed by atoms with Crippen LogP contribution in [-0.2, 0) is 0 Å². The van der Waals surface area contributed by atoms with Crippen LogP contribution in [0.4, 0.5) is 5.69 Å². The normalized spacial score (nSPS) is 16.3. The van der Waals surface area contributed by atoms with E-state index in [1.165, 1.54) is 24.6 Å². The number of hydrogen-bond donors (Lipinski definition) is 1. The molecule has 0 unspecified atom stereocenters. The van der Waals surface area contributed by atoms with Gasteiger partial charge in [-0.3, -0.25) is 9.88 Å². The molecule has 1 N–H and O–H groups in total. The van der Waals surface area contributed by atoms with Gasteiger partial charge >= 0.3 is 0 Å². The number of rotatable bonds is 5. The van der Waals surface area contributed by atoms with E-state index in [4.69, 9.17) is 0 Å². The van der Waals surface area contributed by atoms with Crippen molar-refractivity contribution in [3.63, 3.8) is 0 Å². The quantitative estimate of drug-likeness (QED) is 0.910. The Hall–Kier alpha value is -1.66. The van der Waals surface area contributed by atoms with Gasteiger partial charge in [0.2, 0.25) is 0 Å². The van der Waals surface area contributed by atoms with E-state index < -0.39 is 0 Å². The molecule has 2 aromatic heterocycles. The predicted octanol–water partition coefficient (Wildman–Crippen LogP) is 2.78. The highest BCUT2D eigenvalue weighted by atomic mass is 32.2. The Kier molecular flexibility index (Phi) is 5.13.